The van der Waals surface area contributed by atoms with E-state index in [1.54, 1.807) is 0 Å². The highest BCUT2D eigenvalue weighted by Crippen LogP contribution is 2.37. The van der Waals surface area contributed by atoms with E-state index in [0.717, 1.165) is 12.5 Å². The summed E-state index contributed by atoms with van der Waals surface area (Å²) in [5.41, 5.74) is 5.25. The molecule has 0 aromatic heterocycles. The van der Waals surface area contributed by atoms with Crippen molar-refractivity contribution < 1.29 is 4.79 Å². The quantitative estimate of drug-likeness (QED) is 0.552. The average molecular weight is 154 g/mol. The molecule has 1 aliphatic heterocycles. The van der Waals surface area contributed by atoms with Crippen LogP contribution in [0.15, 0.2) is 0 Å². The molecule has 2 rings (SSSR count). The van der Waals surface area contributed by atoms with Crippen molar-refractivity contribution in [1.29, 1.82) is 0 Å². The highest BCUT2D eigenvalue weighted by molar-refractivity contribution is 5.80. The molecule has 1 aliphatic carbocycles. The lowest BCUT2D eigenvalue weighted by atomic mass is 9.94. The van der Waals surface area contributed by atoms with Crippen molar-refractivity contribution >= 4 is 5.91 Å². The molecule has 0 unspecified atom stereocenters. The molecule has 11 heavy (non-hydrogen) atoms. The van der Waals surface area contributed by atoms with Gasteiger partial charge >= 0.3 is 0 Å². The van der Waals surface area contributed by atoms with Crippen molar-refractivity contribution in [3.05, 3.63) is 0 Å². The van der Waals surface area contributed by atoms with Crippen molar-refractivity contribution in [3.63, 3.8) is 0 Å². The molecular weight excluding hydrogens is 140 g/mol. The van der Waals surface area contributed by atoms with E-state index in [9.17, 15) is 4.79 Å². The first-order valence-corrected chi connectivity index (χ1v) is 4.32. The highest BCUT2D eigenvalue weighted by Gasteiger charge is 2.41. The van der Waals surface area contributed by atoms with Crippen LogP contribution >= 0.6 is 0 Å². The number of hydrogen-bond donors (Lipinski definition) is 2. The van der Waals surface area contributed by atoms with E-state index >= 15 is 0 Å². The van der Waals surface area contributed by atoms with Crippen molar-refractivity contribution in [2.45, 2.75) is 25.3 Å². The lowest BCUT2D eigenvalue weighted by Crippen LogP contribution is -2.40. The number of nitrogens with one attached hydrogen (secondary N) is 1. The van der Waals surface area contributed by atoms with E-state index in [4.69, 9.17) is 5.73 Å². The van der Waals surface area contributed by atoms with Crippen LogP contribution < -0.4 is 11.1 Å². The molecule has 0 bridgehead atoms. The van der Waals surface area contributed by atoms with Gasteiger partial charge in [-0.3, -0.25) is 4.79 Å². The summed E-state index contributed by atoms with van der Waals surface area (Å²) in [6, 6.07) is -0.0255. The van der Waals surface area contributed by atoms with Gasteiger partial charge in [-0.15, -0.1) is 0 Å². The maximum absolute atomic E-state index is 10.9. The monoisotopic (exact) mass is 154 g/mol. The van der Waals surface area contributed by atoms with Gasteiger partial charge in [0.15, 0.2) is 0 Å². The van der Waals surface area contributed by atoms with Crippen LogP contribution in [0.3, 0.4) is 0 Å². The molecule has 0 aromatic rings. The zero-order valence-electron chi connectivity index (χ0n) is 6.55. The van der Waals surface area contributed by atoms with Crippen LogP contribution in [0, 0.1) is 11.8 Å². The Morgan fingerprint density at radius 3 is 3.00 bits per heavy atom. The molecule has 3 atom stereocenters. The smallest absolute Gasteiger partial charge is 0.234 e. The fourth-order valence-electron chi connectivity index (χ4n) is 2.50. The molecule has 2 aliphatic rings. The third-order valence-corrected chi connectivity index (χ3v) is 3.05. The fourth-order valence-corrected chi connectivity index (χ4v) is 2.50. The third-order valence-electron chi connectivity index (χ3n) is 3.05. The summed E-state index contributed by atoms with van der Waals surface area (Å²) in [7, 11) is 0. The normalized spacial score (nSPS) is 42.4. The summed E-state index contributed by atoms with van der Waals surface area (Å²) in [5.74, 6) is 1.11. The van der Waals surface area contributed by atoms with Crippen LogP contribution in [-0.2, 0) is 4.79 Å². The Balaban J connectivity index is 2.08. The predicted molar refractivity (Wildman–Crippen MR) is 41.8 cm³/mol. The zero-order chi connectivity index (χ0) is 7.84. The third kappa shape index (κ3) is 1.03. The number of carbonyl (C=O) groups is 1. The Bertz CT molecular complexity index is 181. The number of nitrogens with two attached hydrogens (primary N) is 1. The van der Waals surface area contributed by atoms with Crippen molar-refractivity contribution in [2.75, 3.05) is 6.54 Å². The van der Waals surface area contributed by atoms with Crippen LogP contribution in [0.4, 0.5) is 0 Å². The minimum atomic E-state index is -0.167. The lowest BCUT2D eigenvalue weighted by molar-refractivity contribution is -0.120. The number of amides is 1. The fraction of sp³-hybridized carbons (Fsp3) is 0.875. The van der Waals surface area contributed by atoms with Crippen LogP contribution in [0.25, 0.3) is 0 Å². The van der Waals surface area contributed by atoms with E-state index in [-0.39, 0.29) is 11.9 Å². The summed E-state index contributed by atoms with van der Waals surface area (Å²) in [6.07, 6.45) is 3.74. The van der Waals surface area contributed by atoms with Gasteiger partial charge in [0, 0.05) is 0 Å². The van der Waals surface area contributed by atoms with Crippen LogP contribution in [-0.4, -0.2) is 18.5 Å². The molecule has 2 fully saturated rings. The van der Waals surface area contributed by atoms with Crippen molar-refractivity contribution in [1.82, 2.24) is 5.32 Å². The second-order valence-electron chi connectivity index (χ2n) is 3.64. The minimum Gasteiger partial charge on any atom is -0.368 e. The number of rotatable bonds is 1. The van der Waals surface area contributed by atoms with Gasteiger partial charge in [-0.05, 0) is 31.2 Å². The second kappa shape index (κ2) is 2.48. The molecule has 3 nitrogen and oxygen atoms in total. The maximum atomic E-state index is 10.9. The van der Waals surface area contributed by atoms with Gasteiger partial charge < -0.3 is 11.1 Å². The molecule has 0 radical (unpaired) electrons. The molecule has 1 saturated heterocycles. The molecule has 62 valence electrons. The Kier molecular flexibility index (Phi) is 1.60. The highest BCUT2D eigenvalue weighted by atomic mass is 16.1. The standard InChI is InChI=1S/C8H14N2O/c9-8(11)7-6-3-1-2-5(6)4-10-7/h5-7,10H,1-4H2,(H2,9,11)/t5-,6+,7-/m0/s1. The molecule has 3 N–H and O–H groups in total. The summed E-state index contributed by atoms with van der Waals surface area (Å²) in [5, 5.41) is 3.18. The summed E-state index contributed by atoms with van der Waals surface area (Å²) in [4.78, 5) is 10.9. The largest absolute Gasteiger partial charge is 0.368 e. The van der Waals surface area contributed by atoms with E-state index in [2.05, 4.69) is 5.32 Å². The first kappa shape index (κ1) is 7.10. The molecule has 0 spiro atoms. The number of fused-ring (bicyclic) bond motifs is 1. The van der Waals surface area contributed by atoms with Gasteiger partial charge in [-0.1, -0.05) is 6.42 Å². The molecular formula is C8H14N2O. The first-order valence-electron chi connectivity index (χ1n) is 4.32. The topological polar surface area (TPSA) is 55.1 Å². The van der Waals surface area contributed by atoms with Crippen molar-refractivity contribution in [3.8, 4) is 0 Å². The predicted octanol–water partition coefficient (Wildman–Crippen LogP) is -0.140. The van der Waals surface area contributed by atoms with E-state index in [1.165, 1.54) is 19.3 Å². The van der Waals surface area contributed by atoms with E-state index in [1.807, 2.05) is 0 Å². The maximum Gasteiger partial charge on any atom is 0.234 e. The Morgan fingerprint density at radius 1 is 1.45 bits per heavy atom. The van der Waals surface area contributed by atoms with Gasteiger partial charge in [-0.2, -0.15) is 0 Å². The Labute approximate surface area is 66.3 Å². The SMILES string of the molecule is NC(=O)[C@H]1NC[C@@H]2CCC[C@H]21. The van der Waals surface area contributed by atoms with Crippen LogP contribution in [0.1, 0.15) is 19.3 Å². The van der Waals surface area contributed by atoms with E-state index < -0.39 is 0 Å². The molecule has 0 aromatic carbocycles. The number of primary amides is 1. The number of hydrogen-bond acceptors (Lipinski definition) is 2. The van der Waals surface area contributed by atoms with Gasteiger partial charge in [0.1, 0.15) is 0 Å². The van der Waals surface area contributed by atoms with Gasteiger partial charge in [0.2, 0.25) is 5.91 Å². The van der Waals surface area contributed by atoms with Crippen LogP contribution in [0.2, 0.25) is 0 Å². The Morgan fingerprint density at radius 2 is 2.27 bits per heavy atom. The first-order chi connectivity index (χ1) is 5.29. The Hall–Kier alpha value is -0.570. The molecule has 1 heterocycles. The summed E-state index contributed by atoms with van der Waals surface area (Å²) < 4.78 is 0. The van der Waals surface area contributed by atoms with E-state index in [0.29, 0.717) is 5.92 Å². The summed E-state index contributed by atoms with van der Waals surface area (Å²) in [6.45, 7) is 0.998. The average Bonchev–Trinajstić information content (AvgIpc) is 2.41. The van der Waals surface area contributed by atoms with Crippen LogP contribution in [0.5, 0.6) is 0 Å². The van der Waals surface area contributed by atoms with Crippen molar-refractivity contribution in [2.24, 2.45) is 17.6 Å². The number of carbonyl (C=O) groups excluding carboxylic acids is 1. The minimum absolute atomic E-state index is 0.0255. The summed E-state index contributed by atoms with van der Waals surface area (Å²) >= 11 is 0. The zero-order valence-corrected chi connectivity index (χ0v) is 6.55. The molecule has 1 amide bonds. The van der Waals surface area contributed by atoms with Gasteiger partial charge in [0.25, 0.3) is 0 Å². The van der Waals surface area contributed by atoms with Gasteiger partial charge in [-0.25, -0.2) is 0 Å². The lowest BCUT2D eigenvalue weighted by Gasteiger charge is -2.13. The van der Waals surface area contributed by atoms with Gasteiger partial charge in [0.05, 0.1) is 6.04 Å². The molecule has 1 saturated carbocycles. The molecule has 3 heteroatoms. The second-order valence-corrected chi connectivity index (χ2v) is 3.64.